The average Bonchev–Trinajstić information content (AvgIpc) is 2.03. The van der Waals surface area contributed by atoms with Crippen molar-refractivity contribution in [1.29, 1.82) is 0 Å². The summed E-state index contributed by atoms with van der Waals surface area (Å²) >= 11 is 17.7. The molecule has 0 N–H and O–H groups in total. The lowest BCUT2D eigenvalue weighted by Crippen LogP contribution is -2.19. The van der Waals surface area contributed by atoms with Gasteiger partial charge in [-0.2, -0.15) is 0 Å². The molecule has 0 unspecified atom stereocenters. The quantitative estimate of drug-likeness (QED) is 0.664. The van der Waals surface area contributed by atoms with E-state index in [9.17, 15) is 0 Å². The Hall–Kier alpha value is 0.0900. The van der Waals surface area contributed by atoms with Crippen LogP contribution in [0.25, 0.3) is 0 Å². The summed E-state index contributed by atoms with van der Waals surface area (Å²) in [5, 5.41) is 1.33. The first-order valence-corrected chi connectivity index (χ1v) is 5.28. The highest BCUT2D eigenvalue weighted by molar-refractivity contribution is 6.35. The van der Waals surface area contributed by atoms with E-state index in [2.05, 4.69) is 13.8 Å². The molecule has 0 heterocycles. The first-order valence-electron chi connectivity index (χ1n) is 3.99. The van der Waals surface area contributed by atoms with Crippen LogP contribution in [-0.4, -0.2) is 5.88 Å². The summed E-state index contributed by atoms with van der Waals surface area (Å²) in [7, 11) is 0. The molecule has 0 atom stereocenters. The van der Waals surface area contributed by atoms with E-state index in [-0.39, 0.29) is 5.41 Å². The Morgan fingerprint density at radius 3 is 2.31 bits per heavy atom. The van der Waals surface area contributed by atoms with Crippen molar-refractivity contribution in [1.82, 2.24) is 0 Å². The van der Waals surface area contributed by atoms with Crippen LogP contribution in [0.4, 0.5) is 0 Å². The molecule has 0 saturated carbocycles. The molecule has 0 aliphatic rings. The van der Waals surface area contributed by atoms with E-state index in [0.717, 1.165) is 5.56 Å². The minimum absolute atomic E-state index is 0.108. The minimum Gasteiger partial charge on any atom is -0.126 e. The number of hydrogen-bond acceptors (Lipinski definition) is 0. The largest absolute Gasteiger partial charge is 0.126 e. The van der Waals surface area contributed by atoms with Crippen molar-refractivity contribution < 1.29 is 0 Å². The summed E-state index contributed by atoms with van der Waals surface area (Å²) < 4.78 is 0. The summed E-state index contributed by atoms with van der Waals surface area (Å²) in [4.78, 5) is 0. The van der Waals surface area contributed by atoms with Gasteiger partial charge in [-0.1, -0.05) is 43.1 Å². The predicted octanol–water partition coefficient (Wildman–Crippen LogP) is 4.51. The molecule has 0 spiro atoms. The van der Waals surface area contributed by atoms with Gasteiger partial charge in [0.1, 0.15) is 0 Å². The van der Waals surface area contributed by atoms with Crippen molar-refractivity contribution in [2.24, 2.45) is 0 Å². The molecule has 0 aromatic heterocycles. The Morgan fingerprint density at radius 1 is 1.23 bits per heavy atom. The number of hydrogen-bond donors (Lipinski definition) is 0. The van der Waals surface area contributed by atoms with E-state index in [1.54, 1.807) is 6.07 Å². The second-order valence-corrected chi connectivity index (χ2v) is 4.75. The molecule has 1 rings (SSSR count). The van der Waals surface area contributed by atoms with E-state index in [1.165, 1.54) is 0 Å². The van der Waals surface area contributed by atoms with Gasteiger partial charge in [0.2, 0.25) is 0 Å². The van der Waals surface area contributed by atoms with E-state index in [0.29, 0.717) is 15.9 Å². The molecule has 0 saturated heterocycles. The fraction of sp³-hybridized carbons (Fsp3) is 0.400. The van der Waals surface area contributed by atoms with Crippen molar-refractivity contribution in [2.45, 2.75) is 19.3 Å². The maximum Gasteiger partial charge on any atom is 0.0458 e. The smallest absolute Gasteiger partial charge is 0.0458 e. The second kappa shape index (κ2) is 4.08. The summed E-state index contributed by atoms with van der Waals surface area (Å²) in [6, 6.07) is 5.50. The van der Waals surface area contributed by atoms with Crippen LogP contribution in [-0.2, 0) is 5.41 Å². The average molecular weight is 238 g/mol. The third kappa shape index (κ3) is 2.52. The van der Waals surface area contributed by atoms with Gasteiger partial charge in [0, 0.05) is 21.3 Å². The van der Waals surface area contributed by atoms with Crippen LogP contribution in [0.2, 0.25) is 10.0 Å². The van der Waals surface area contributed by atoms with Gasteiger partial charge in [-0.15, -0.1) is 11.6 Å². The Bertz CT molecular complexity index is 305. The first-order chi connectivity index (χ1) is 5.97. The molecule has 72 valence electrons. The van der Waals surface area contributed by atoms with Crippen LogP contribution in [0.1, 0.15) is 19.4 Å². The fourth-order valence-corrected chi connectivity index (χ4v) is 1.92. The van der Waals surface area contributed by atoms with E-state index < -0.39 is 0 Å². The molecule has 0 aliphatic carbocycles. The molecule has 0 nitrogen and oxygen atoms in total. The second-order valence-electron chi connectivity index (χ2n) is 3.64. The minimum atomic E-state index is -0.108. The van der Waals surface area contributed by atoms with E-state index >= 15 is 0 Å². The van der Waals surface area contributed by atoms with Crippen LogP contribution in [0.5, 0.6) is 0 Å². The monoisotopic (exact) mass is 236 g/mol. The molecule has 0 amide bonds. The predicted molar refractivity (Wildman–Crippen MR) is 60.2 cm³/mol. The van der Waals surface area contributed by atoms with E-state index in [1.807, 2.05) is 12.1 Å². The van der Waals surface area contributed by atoms with Gasteiger partial charge < -0.3 is 0 Å². The molecular weight excluding hydrogens is 226 g/mol. The highest BCUT2D eigenvalue weighted by Gasteiger charge is 2.21. The molecule has 1 aromatic carbocycles. The lowest BCUT2D eigenvalue weighted by Gasteiger charge is -2.23. The van der Waals surface area contributed by atoms with Gasteiger partial charge >= 0.3 is 0 Å². The van der Waals surface area contributed by atoms with Crippen molar-refractivity contribution in [2.75, 3.05) is 5.88 Å². The van der Waals surface area contributed by atoms with Gasteiger partial charge in [0.15, 0.2) is 0 Å². The van der Waals surface area contributed by atoms with Crippen molar-refractivity contribution >= 4 is 34.8 Å². The van der Waals surface area contributed by atoms with Crippen molar-refractivity contribution in [3.8, 4) is 0 Å². The number of halogens is 3. The van der Waals surface area contributed by atoms with Crippen LogP contribution >= 0.6 is 34.8 Å². The van der Waals surface area contributed by atoms with Crippen LogP contribution < -0.4 is 0 Å². The standard InChI is InChI=1S/C10H11Cl3/c1-10(2,6-11)8-4-3-7(12)5-9(8)13/h3-5H,6H2,1-2H3. The van der Waals surface area contributed by atoms with Crippen LogP contribution in [0.15, 0.2) is 18.2 Å². The third-order valence-corrected chi connectivity index (χ3v) is 3.21. The maximum absolute atomic E-state index is 6.05. The topological polar surface area (TPSA) is 0 Å². The summed E-state index contributed by atoms with van der Waals surface area (Å²) in [6.45, 7) is 4.10. The number of alkyl halides is 1. The fourth-order valence-electron chi connectivity index (χ4n) is 1.11. The molecule has 0 aliphatic heterocycles. The normalized spacial score (nSPS) is 11.8. The number of rotatable bonds is 2. The highest BCUT2D eigenvalue weighted by Crippen LogP contribution is 2.32. The summed E-state index contributed by atoms with van der Waals surface area (Å²) in [5.74, 6) is 0.536. The lowest BCUT2D eigenvalue weighted by atomic mass is 9.87. The Balaban J connectivity index is 3.16. The van der Waals surface area contributed by atoms with Gasteiger partial charge in [-0.3, -0.25) is 0 Å². The zero-order valence-corrected chi connectivity index (χ0v) is 9.84. The van der Waals surface area contributed by atoms with Gasteiger partial charge in [0.05, 0.1) is 0 Å². The molecule has 0 bridgehead atoms. The molecule has 3 heteroatoms. The highest BCUT2D eigenvalue weighted by atomic mass is 35.5. The first kappa shape index (κ1) is 11.2. The van der Waals surface area contributed by atoms with Crippen LogP contribution in [0, 0.1) is 0 Å². The third-order valence-electron chi connectivity index (χ3n) is 1.99. The van der Waals surface area contributed by atoms with Crippen LogP contribution in [0.3, 0.4) is 0 Å². The molecule has 13 heavy (non-hydrogen) atoms. The zero-order chi connectivity index (χ0) is 10.1. The number of benzene rings is 1. The van der Waals surface area contributed by atoms with E-state index in [4.69, 9.17) is 34.8 Å². The molecular formula is C10H11Cl3. The molecule has 1 aromatic rings. The Morgan fingerprint density at radius 2 is 1.85 bits per heavy atom. The maximum atomic E-state index is 6.05. The van der Waals surface area contributed by atoms with Gasteiger partial charge in [0.25, 0.3) is 0 Å². The zero-order valence-electron chi connectivity index (χ0n) is 7.57. The molecule has 0 fully saturated rings. The van der Waals surface area contributed by atoms with Gasteiger partial charge in [-0.05, 0) is 17.7 Å². The Labute approximate surface area is 93.8 Å². The summed E-state index contributed by atoms with van der Waals surface area (Å²) in [6.07, 6.45) is 0. The SMILES string of the molecule is CC(C)(CCl)c1ccc(Cl)cc1Cl. The van der Waals surface area contributed by atoms with Crippen molar-refractivity contribution in [3.05, 3.63) is 33.8 Å². The van der Waals surface area contributed by atoms with Crippen molar-refractivity contribution in [3.63, 3.8) is 0 Å². The summed E-state index contributed by atoms with van der Waals surface area (Å²) in [5.41, 5.74) is 0.928. The van der Waals surface area contributed by atoms with Gasteiger partial charge in [-0.25, -0.2) is 0 Å². The molecule has 0 radical (unpaired) electrons. The lowest BCUT2D eigenvalue weighted by molar-refractivity contribution is 0.598. The Kier molecular flexibility index (Phi) is 3.50.